The van der Waals surface area contributed by atoms with Gasteiger partial charge in [0.2, 0.25) is 0 Å². The van der Waals surface area contributed by atoms with Crippen molar-refractivity contribution < 1.29 is 4.39 Å². The van der Waals surface area contributed by atoms with Gasteiger partial charge < -0.3 is 11.1 Å². The Bertz CT molecular complexity index is 535. The first-order valence-corrected chi connectivity index (χ1v) is 5.53. The number of nitrogens with two attached hydrogens (primary N) is 1. The van der Waals surface area contributed by atoms with E-state index in [9.17, 15) is 4.39 Å². The lowest BCUT2D eigenvalue weighted by atomic mass is 10.1. The number of nitrogens with one attached hydrogen (secondary N) is 1. The molecule has 0 fully saturated rings. The third kappa shape index (κ3) is 2.34. The molecule has 2 aromatic carbocycles. The first-order chi connectivity index (χ1) is 8.09. The lowest BCUT2D eigenvalue weighted by molar-refractivity contribution is 0.619. The lowest BCUT2D eigenvalue weighted by Gasteiger charge is -2.13. The van der Waals surface area contributed by atoms with Crippen LogP contribution in [0.3, 0.4) is 0 Å². The van der Waals surface area contributed by atoms with Gasteiger partial charge in [-0.2, -0.15) is 0 Å². The second-order valence-corrected chi connectivity index (χ2v) is 4.15. The second kappa shape index (κ2) is 4.63. The monoisotopic (exact) mass is 250 g/mol. The van der Waals surface area contributed by atoms with Gasteiger partial charge in [0, 0.05) is 11.3 Å². The summed E-state index contributed by atoms with van der Waals surface area (Å²) in [5.74, 6) is -0.263. The van der Waals surface area contributed by atoms with Crippen molar-refractivity contribution in [3.63, 3.8) is 0 Å². The number of para-hydroxylation sites is 1. The highest BCUT2D eigenvalue weighted by Crippen LogP contribution is 2.32. The zero-order chi connectivity index (χ0) is 12.4. The van der Waals surface area contributed by atoms with Crippen molar-refractivity contribution in [2.24, 2.45) is 0 Å². The van der Waals surface area contributed by atoms with Crippen LogP contribution in [0, 0.1) is 12.7 Å². The Balaban J connectivity index is 2.42. The fourth-order valence-electron chi connectivity index (χ4n) is 1.55. The summed E-state index contributed by atoms with van der Waals surface area (Å²) in [6.45, 7) is 1.70. The molecule has 0 spiro atoms. The van der Waals surface area contributed by atoms with E-state index in [1.54, 1.807) is 37.3 Å². The summed E-state index contributed by atoms with van der Waals surface area (Å²) in [7, 11) is 0. The molecule has 0 aromatic heterocycles. The van der Waals surface area contributed by atoms with Crippen molar-refractivity contribution in [2.75, 3.05) is 11.1 Å². The molecule has 0 heterocycles. The summed E-state index contributed by atoms with van der Waals surface area (Å²) < 4.78 is 13.4. The SMILES string of the molecule is Cc1c(F)cccc1Nc1c(N)cccc1Cl. The van der Waals surface area contributed by atoms with Crippen LogP contribution in [-0.4, -0.2) is 0 Å². The summed E-state index contributed by atoms with van der Waals surface area (Å²) in [5.41, 5.74) is 8.14. The summed E-state index contributed by atoms with van der Waals surface area (Å²) in [5, 5.41) is 3.56. The van der Waals surface area contributed by atoms with Crippen LogP contribution in [0.4, 0.5) is 21.5 Å². The van der Waals surface area contributed by atoms with Crippen molar-refractivity contribution in [3.8, 4) is 0 Å². The van der Waals surface area contributed by atoms with E-state index in [-0.39, 0.29) is 5.82 Å². The van der Waals surface area contributed by atoms with Gasteiger partial charge in [-0.05, 0) is 31.2 Å². The average molecular weight is 251 g/mol. The van der Waals surface area contributed by atoms with Crippen LogP contribution >= 0.6 is 11.6 Å². The maximum atomic E-state index is 13.4. The van der Waals surface area contributed by atoms with E-state index >= 15 is 0 Å². The van der Waals surface area contributed by atoms with Gasteiger partial charge in [-0.3, -0.25) is 0 Å². The number of rotatable bonds is 2. The number of anilines is 3. The first-order valence-electron chi connectivity index (χ1n) is 5.15. The Kier molecular flexibility index (Phi) is 3.20. The van der Waals surface area contributed by atoms with E-state index < -0.39 is 0 Å². The van der Waals surface area contributed by atoms with Gasteiger partial charge in [-0.25, -0.2) is 4.39 Å². The molecule has 88 valence electrons. The standard InChI is InChI=1S/C13H12ClFN2/c1-8-10(15)5-3-7-12(8)17-13-9(14)4-2-6-11(13)16/h2-7,17H,16H2,1H3. The van der Waals surface area contributed by atoms with E-state index in [0.717, 1.165) is 0 Å². The molecule has 2 rings (SSSR count). The Morgan fingerprint density at radius 3 is 2.59 bits per heavy atom. The minimum absolute atomic E-state index is 0.263. The van der Waals surface area contributed by atoms with Crippen molar-refractivity contribution in [3.05, 3.63) is 52.8 Å². The predicted molar refractivity (Wildman–Crippen MR) is 70.3 cm³/mol. The molecule has 0 radical (unpaired) electrons. The van der Waals surface area contributed by atoms with Crippen LogP contribution in [0.2, 0.25) is 5.02 Å². The van der Waals surface area contributed by atoms with E-state index in [4.69, 9.17) is 17.3 Å². The van der Waals surface area contributed by atoms with E-state index in [0.29, 0.717) is 27.6 Å². The number of hydrogen-bond donors (Lipinski definition) is 2. The molecule has 3 N–H and O–H groups in total. The molecule has 17 heavy (non-hydrogen) atoms. The summed E-state index contributed by atoms with van der Waals surface area (Å²) in [4.78, 5) is 0. The molecular formula is C13H12ClFN2. The minimum Gasteiger partial charge on any atom is -0.397 e. The fourth-order valence-corrected chi connectivity index (χ4v) is 1.78. The van der Waals surface area contributed by atoms with Crippen molar-refractivity contribution in [2.45, 2.75) is 6.92 Å². The third-order valence-corrected chi connectivity index (χ3v) is 2.89. The van der Waals surface area contributed by atoms with Gasteiger partial charge in [0.25, 0.3) is 0 Å². The Morgan fingerprint density at radius 2 is 1.88 bits per heavy atom. The van der Waals surface area contributed by atoms with Crippen LogP contribution in [0.15, 0.2) is 36.4 Å². The fraction of sp³-hybridized carbons (Fsp3) is 0.0769. The number of nitrogen functional groups attached to an aromatic ring is 1. The highest BCUT2D eigenvalue weighted by atomic mass is 35.5. The second-order valence-electron chi connectivity index (χ2n) is 3.74. The van der Waals surface area contributed by atoms with Gasteiger partial charge in [0.05, 0.1) is 16.4 Å². The van der Waals surface area contributed by atoms with Crippen LogP contribution < -0.4 is 11.1 Å². The van der Waals surface area contributed by atoms with Crippen molar-refractivity contribution >= 4 is 28.7 Å². The largest absolute Gasteiger partial charge is 0.397 e. The van der Waals surface area contributed by atoms with E-state index in [2.05, 4.69) is 5.32 Å². The van der Waals surface area contributed by atoms with E-state index in [1.807, 2.05) is 0 Å². The average Bonchev–Trinajstić information content (AvgIpc) is 2.29. The number of hydrogen-bond acceptors (Lipinski definition) is 2. The van der Waals surface area contributed by atoms with Crippen LogP contribution in [-0.2, 0) is 0 Å². The Hall–Kier alpha value is -1.74. The molecule has 2 nitrogen and oxygen atoms in total. The summed E-state index contributed by atoms with van der Waals surface area (Å²) in [6.07, 6.45) is 0. The number of benzene rings is 2. The zero-order valence-electron chi connectivity index (χ0n) is 9.30. The quantitative estimate of drug-likeness (QED) is 0.787. The van der Waals surface area contributed by atoms with E-state index in [1.165, 1.54) is 6.07 Å². The normalized spacial score (nSPS) is 10.3. The Morgan fingerprint density at radius 1 is 1.18 bits per heavy atom. The molecular weight excluding hydrogens is 239 g/mol. The van der Waals surface area contributed by atoms with Gasteiger partial charge in [-0.15, -0.1) is 0 Å². The van der Waals surface area contributed by atoms with Gasteiger partial charge in [0.15, 0.2) is 0 Å². The zero-order valence-corrected chi connectivity index (χ0v) is 10.1. The van der Waals surface area contributed by atoms with Gasteiger partial charge in [0.1, 0.15) is 5.82 Å². The molecule has 0 aliphatic carbocycles. The molecule has 0 amide bonds. The topological polar surface area (TPSA) is 38.0 Å². The molecule has 0 atom stereocenters. The van der Waals surface area contributed by atoms with Crippen molar-refractivity contribution in [1.82, 2.24) is 0 Å². The molecule has 0 aliphatic rings. The molecule has 0 aliphatic heterocycles. The molecule has 0 unspecified atom stereocenters. The molecule has 0 saturated heterocycles. The smallest absolute Gasteiger partial charge is 0.128 e. The predicted octanol–water partition coefficient (Wildman–Crippen LogP) is 4.11. The molecule has 0 saturated carbocycles. The maximum absolute atomic E-state index is 13.4. The van der Waals surface area contributed by atoms with Crippen molar-refractivity contribution in [1.29, 1.82) is 0 Å². The summed E-state index contributed by atoms with van der Waals surface area (Å²) >= 11 is 6.04. The molecule has 2 aromatic rings. The lowest BCUT2D eigenvalue weighted by Crippen LogP contribution is -1.99. The van der Waals surface area contributed by atoms with Crippen LogP contribution in [0.5, 0.6) is 0 Å². The third-order valence-electron chi connectivity index (χ3n) is 2.57. The van der Waals surface area contributed by atoms with Gasteiger partial charge in [-0.1, -0.05) is 23.7 Å². The molecule has 4 heteroatoms. The highest BCUT2D eigenvalue weighted by Gasteiger charge is 2.08. The Labute approximate surface area is 104 Å². The van der Waals surface area contributed by atoms with Crippen LogP contribution in [0.25, 0.3) is 0 Å². The first kappa shape index (κ1) is 11.7. The van der Waals surface area contributed by atoms with Gasteiger partial charge >= 0.3 is 0 Å². The van der Waals surface area contributed by atoms with Crippen LogP contribution in [0.1, 0.15) is 5.56 Å². The number of halogens is 2. The minimum atomic E-state index is -0.263. The highest BCUT2D eigenvalue weighted by molar-refractivity contribution is 6.34. The maximum Gasteiger partial charge on any atom is 0.128 e. The molecule has 0 bridgehead atoms. The summed E-state index contributed by atoms with van der Waals surface area (Å²) in [6, 6.07) is 10.1.